The molecule has 1 aliphatic rings. The fourth-order valence-corrected chi connectivity index (χ4v) is 2.27. The summed E-state index contributed by atoms with van der Waals surface area (Å²) in [5, 5.41) is 14.6. The van der Waals surface area contributed by atoms with Crippen LogP contribution >= 0.6 is 0 Å². The van der Waals surface area contributed by atoms with Crippen molar-refractivity contribution in [2.24, 2.45) is 16.3 Å². The number of fused-ring (bicyclic) bond motifs is 1. The van der Waals surface area contributed by atoms with Crippen molar-refractivity contribution in [1.82, 2.24) is 5.32 Å². The Morgan fingerprint density at radius 2 is 2.24 bits per heavy atom. The number of carbonyl (C=O) groups is 1. The number of rotatable bonds is 4. The Hall–Kier alpha value is -2.24. The van der Waals surface area contributed by atoms with Gasteiger partial charge < -0.3 is 21.0 Å². The molecule has 6 heteroatoms. The van der Waals surface area contributed by atoms with E-state index in [1.807, 2.05) is 24.3 Å². The summed E-state index contributed by atoms with van der Waals surface area (Å²) in [4.78, 5) is 12.4. The molecule has 0 aliphatic carbocycles. The molecule has 0 saturated heterocycles. The predicted octanol–water partition coefficient (Wildman–Crippen LogP) is 1.44. The number of ether oxygens (including phenoxy) is 1. The number of amidine groups is 1. The molecule has 0 aromatic heterocycles. The molecule has 1 atom stereocenters. The monoisotopic (exact) mass is 291 g/mol. The van der Waals surface area contributed by atoms with Crippen LogP contribution in [0.2, 0.25) is 0 Å². The number of para-hydroxylation sites is 1. The van der Waals surface area contributed by atoms with Gasteiger partial charge in [0.25, 0.3) is 0 Å². The van der Waals surface area contributed by atoms with Crippen molar-refractivity contribution in [3.8, 4) is 5.75 Å². The Balaban J connectivity index is 2.06. The SMILES string of the molecule is CC(C)(CNC(=O)C1CCOc2ccccc21)/C(N)=N/O. The summed E-state index contributed by atoms with van der Waals surface area (Å²) in [7, 11) is 0. The molecule has 0 bridgehead atoms. The molecular weight excluding hydrogens is 270 g/mol. The Labute approximate surface area is 124 Å². The van der Waals surface area contributed by atoms with E-state index in [2.05, 4.69) is 10.5 Å². The van der Waals surface area contributed by atoms with Crippen LogP contribution in [-0.2, 0) is 4.79 Å². The summed E-state index contributed by atoms with van der Waals surface area (Å²) in [6, 6.07) is 7.57. The van der Waals surface area contributed by atoms with Crippen LogP contribution in [0.3, 0.4) is 0 Å². The van der Waals surface area contributed by atoms with E-state index in [0.29, 0.717) is 19.6 Å². The van der Waals surface area contributed by atoms with Gasteiger partial charge in [-0.15, -0.1) is 0 Å². The second kappa shape index (κ2) is 6.03. The van der Waals surface area contributed by atoms with Gasteiger partial charge in [-0.05, 0) is 12.5 Å². The first-order valence-electron chi connectivity index (χ1n) is 6.93. The molecule has 0 spiro atoms. The third-order valence-electron chi connectivity index (χ3n) is 3.78. The second-order valence-corrected chi connectivity index (χ2v) is 5.81. The van der Waals surface area contributed by atoms with Gasteiger partial charge >= 0.3 is 0 Å². The summed E-state index contributed by atoms with van der Waals surface area (Å²) in [5.74, 6) is 0.567. The van der Waals surface area contributed by atoms with Gasteiger partial charge in [-0.1, -0.05) is 37.2 Å². The lowest BCUT2D eigenvalue weighted by Gasteiger charge is -2.28. The Morgan fingerprint density at radius 3 is 2.95 bits per heavy atom. The van der Waals surface area contributed by atoms with E-state index in [0.717, 1.165) is 11.3 Å². The topological polar surface area (TPSA) is 96.9 Å². The molecule has 1 aliphatic heterocycles. The van der Waals surface area contributed by atoms with E-state index in [9.17, 15) is 4.79 Å². The lowest BCUT2D eigenvalue weighted by Crippen LogP contribution is -2.44. The first kappa shape index (κ1) is 15.2. The van der Waals surface area contributed by atoms with Crippen molar-refractivity contribution in [3.05, 3.63) is 29.8 Å². The quantitative estimate of drug-likeness (QED) is 0.338. The third kappa shape index (κ3) is 3.26. The van der Waals surface area contributed by atoms with Gasteiger partial charge in [-0.3, -0.25) is 4.79 Å². The molecule has 0 radical (unpaired) electrons. The number of benzene rings is 1. The van der Waals surface area contributed by atoms with Crippen LogP contribution in [0.5, 0.6) is 5.75 Å². The van der Waals surface area contributed by atoms with Gasteiger partial charge in [-0.2, -0.15) is 0 Å². The van der Waals surface area contributed by atoms with Crippen LogP contribution in [0.1, 0.15) is 31.7 Å². The van der Waals surface area contributed by atoms with Crippen LogP contribution < -0.4 is 15.8 Å². The van der Waals surface area contributed by atoms with Crippen LogP contribution in [-0.4, -0.2) is 30.1 Å². The standard InChI is InChI=1S/C15H21N3O3/c1-15(2,14(16)18-20)9-17-13(19)11-7-8-21-12-6-4-3-5-10(11)12/h3-6,11,20H,7-9H2,1-2H3,(H2,16,18)(H,17,19). The average molecular weight is 291 g/mol. The number of nitrogens with zero attached hydrogens (tertiary/aromatic N) is 1. The van der Waals surface area contributed by atoms with Gasteiger partial charge in [0.2, 0.25) is 5.91 Å². The molecule has 6 nitrogen and oxygen atoms in total. The summed E-state index contributed by atoms with van der Waals surface area (Å²) >= 11 is 0. The minimum absolute atomic E-state index is 0.0652. The smallest absolute Gasteiger partial charge is 0.227 e. The normalized spacial score (nSPS) is 18.6. The maximum absolute atomic E-state index is 12.4. The summed E-state index contributed by atoms with van der Waals surface area (Å²) in [5.41, 5.74) is 5.92. The van der Waals surface area contributed by atoms with Crippen molar-refractivity contribution in [2.45, 2.75) is 26.2 Å². The number of amides is 1. The summed E-state index contributed by atoms with van der Waals surface area (Å²) in [6.07, 6.45) is 0.646. The number of hydrogen-bond acceptors (Lipinski definition) is 4. The highest BCUT2D eigenvalue weighted by atomic mass is 16.5. The van der Waals surface area contributed by atoms with E-state index in [1.54, 1.807) is 13.8 Å². The molecule has 1 heterocycles. The van der Waals surface area contributed by atoms with Crippen molar-refractivity contribution >= 4 is 11.7 Å². The largest absolute Gasteiger partial charge is 0.493 e. The maximum atomic E-state index is 12.4. The van der Waals surface area contributed by atoms with Crippen LogP contribution in [0.15, 0.2) is 29.4 Å². The van der Waals surface area contributed by atoms with Gasteiger partial charge in [-0.25, -0.2) is 0 Å². The number of carbonyl (C=O) groups excluding carboxylic acids is 1. The molecule has 1 aromatic carbocycles. The van der Waals surface area contributed by atoms with Crippen molar-refractivity contribution in [2.75, 3.05) is 13.2 Å². The highest BCUT2D eigenvalue weighted by Crippen LogP contribution is 2.33. The van der Waals surface area contributed by atoms with E-state index >= 15 is 0 Å². The van der Waals surface area contributed by atoms with Crippen LogP contribution in [0.25, 0.3) is 0 Å². The van der Waals surface area contributed by atoms with Crippen LogP contribution in [0, 0.1) is 5.41 Å². The summed E-state index contributed by atoms with van der Waals surface area (Å²) < 4.78 is 5.55. The molecule has 21 heavy (non-hydrogen) atoms. The summed E-state index contributed by atoms with van der Waals surface area (Å²) in [6.45, 7) is 4.44. The Kier molecular flexibility index (Phi) is 4.35. The van der Waals surface area contributed by atoms with Gasteiger partial charge in [0, 0.05) is 17.5 Å². The minimum atomic E-state index is -0.602. The first-order chi connectivity index (χ1) is 9.95. The molecule has 1 amide bonds. The van der Waals surface area contributed by atoms with E-state index in [-0.39, 0.29) is 17.7 Å². The molecule has 2 rings (SSSR count). The molecule has 1 aromatic rings. The third-order valence-corrected chi connectivity index (χ3v) is 3.78. The zero-order valence-electron chi connectivity index (χ0n) is 12.3. The van der Waals surface area contributed by atoms with Crippen LogP contribution in [0.4, 0.5) is 0 Å². The predicted molar refractivity (Wildman–Crippen MR) is 79.5 cm³/mol. The number of hydrogen-bond donors (Lipinski definition) is 3. The molecular formula is C15H21N3O3. The average Bonchev–Trinajstić information content (AvgIpc) is 2.51. The van der Waals surface area contributed by atoms with Gasteiger partial charge in [0.05, 0.1) is 12.5 Å². The number of oxime groups is 1. The fourth-order valence-electron chi connectivity index (χ4n) is 2.27. The molecule has 0 fully saturated rings. The number of nitrogens with two attached hydrogens (primary N) is 1. The number of nitrogens with one attached hydrogen (secondary N) is 1. The molecule has 1 unspecified atom stereocenters. The fraction of sp³-hybridized carbons (Fsp3) is 0.467. The van der Waals surface area contributed by atoms with Crippen molar-refractivity contribution < 1.29 is 14.7 Å². The molecule has 0 saturated carbocycles. The van der Waals surface area contributed by atoms with E-state index in [4.69, 9.17) is 15.7 Å². The Morgan fingerprint density at radius 1 is 1.52 bits per heavy atom. The van der Waals surface area contributed by atoms with Crippen molar-refractivity contribution in [1.29, 1.82) is 0 Å². The Bertz CT molecular complexity index is 555. The highest BCUT2D eigenvalue weighted by molar-refractivity contribution is 5.88. The lowest BCUT2D eigenvalue weighted by atomic mass is 9.89. The lowest BCUT2D eigenvalue weighted by molar-refractivity contribution is -0.123. The van der Waals surface area contributed by atoms with Crippen molar-refractivity contribution in [3.63, 3.8) is 0 Å². The highest BCUT2D eigenvalue weighted by Gasteiger charge is 2.30. The minimum Gasteiger partial charge on any atom is -0.493 e. The van der Waals surface area contributed by atoms with E-state index < -0.39 is 5.41 Å². The van der Waals surface area contributed by atoms with Gasteiger partial charge in [0.1, 0.15) is 11.6 Å². The maximum Gasteiger partial charge on any atom is 0.227 e. The molecule has 114 valence electrons. The zero-order chi connectivity index (χ0) is 15.5. The first-order valence-corrected chi connectivity index (χ1v) is 6.93. The van der Waals surface area contributed by atoms with Gasteiger partial charge in [0.15, 0.2) is 0 Å². The molecule has 4 N–H and O–H groups in total. The second-order valence-electron chi connectivity index (χ2n) is 5.81. The van der Waals surface area contributed by atoms with E-state index in [1.165, 1.54) is 0 Å². The zero-order valence-corrected chi connectivity index (χ0v) is 12.3.